The third kappa shape index (κ3) is 3.63. The van der Waals surface area contributed by atoms with Crippen molar-refractivity contribution in [3.63, 3.8) is 0 Å². The number of carbonyl (C=O) groups is 1. The first-order valence-corrected chi connectivity index (χ1v) is 6.96. The maximum absolute atomic E-state index is 13.6. The molecule has 0 fully saturated rings. The Bertz CT molecular complexity index is 616. The van der Waals surface area contributed by atoms with E-state index in [1.54, 1.807) is 0 Å². The number of amides is 1. The van der Waals surface area contributed by atoms with Crippen molar-refractivity contribution in [3.8, 4) is 11.3 Å². The smallest absolute Gasteiger partial charge is 0.221 e. The van der Waals surface area contributed by atoms with Gasteiger partial charge in [0.2, 0.25) is 5.91 Å². The SMILES string of the molecule is O=C(CCBr)NCc1cc(-c2ccc(F)cc2F)on1. The highest BCUT2D eigenvalue weighted by molar-refractivity contribution is 9.09. The summed E-state index contributed by atoms with van der Waals surface area (Å²) in [4.78, 5) is 11.3. The van der Waals surface area contributed by atoms with Gasteiger partial charge in [0.1, 0.15) is 17.3 Å². The number of carbonyl (C=O) groups excluding carboxylic acids is 1. The van der Waals surface area contributed by atoms with Crippen LogP contribution >= 0.6 is 15.9 Å². The van der Waals surface area contributed by atoms with Gasteiger partial charge in [-0.25, -0.2) is 8.78 Å². The summed E-state index contributed by atoms with van der Waals surface area (Å²) in [6, 6.07) is 4.69. The Morgan fingerprint density at radius 3 is 2.85 bits per heavy atom. The molecule has 0 saturated carbocycles. The number of hydrogen-bond acceptors (Lipinski definition) is 3. The van der Waals surface area contributed by atoms with Crippen LogP contribution in [0.1, 0.15) is 12.1 Å². The van der Waals surface area contributed by atoms with Crippen molar-refractivity contribution in [1.82, 2.24) is 10.5 Å². The predicted octanol–water partition coefficient (Wildman–Crippen LogP) is 3.02. The van der Waals surface area contributed by atoms with Gasteiger partial charge in [0, 0.05) is 23.9 Å². The van der Waals surface area contributed by atoms with Crippen LogP contribution in [-0.4, -0.2) is 16.4 Å². The molecular formula is C13H11BrF2N2O2. The van der Waals surface area contributed by atoms with Crippen molar-refractivity contribution in [2.75, 3.05) is 5.33 Å². The Balaban J connectivity index is 2.07. The molecule has 0 bridgehead atoms. The molecule has 20 heavy (non-hydrogen) atoms. The van der Waals surface area contributed by atoms with E-state index in [-0.39, 0.29) is 23.8 Å². The third-order valence-corrected chi connectivity index (χ3v) is 2.94. The van der Waals surface area contributed by atoms with E-state index in [0.717, 1.165) is 12.1 Å². The normalized spacial score (nSPS) is 10.6. The van der Waals surface area contributed by atoms with Crippen LogP contribution in [-0.2, 0) is 11.3 Å². The summed E-state index contributed by atoms with van der Waals surface area (Å²) < 4.78 is 31.4. The molecule has 106 valence electrons. The third-order valence-electron chi connectivity index (χ3n) is 2.54. The molecule has 4 nitrogen and oxygen atoms in total. The van der Waals surface area contributed by atoms with Gasteiger partial charge in [0.15, 0.2) is 5.76 Å². The molecular weight excluding hydrogens is 334 g/mol. The van der Waals surface area contributed by atoms with Gasteiger partial charge < -0.3 is 9.84 Å². The van der Waals surface area contributed by atoms with Crippen molar-refractivity contribution < 1.29 is 18.1 Å². The summed E-state index contributed by atoms with van der Waals surface area (Å²) in [7, 11) is 0. The topological polar surface area (TPSA) is 55.1 Å². The molecule has 1 N–H and O–H groups in total. The van der Waals surface area contributed by atoms with E-state index in [0.29, 0.717) is 17.4 Å². The number of benzene rings is 1. The second-order valence-electron chi connectivity index (χ2n) is 4.02. The molecule has 1 aromatic heterocycles. The lowest BCUT2D eigenvalue weighted by molar-refractivity contribution is -0.120. The van der Waals surface area contributed by atoms with E-state index in [2.05, 4.69) is 26.4 Å². The van der Waals surface area contributed by atoms with Gasteiger partial charge in [-0.15, -0.1) is 0 Å². The number of alkyl halides is 1. The minimum atomic E-state index is -0.726. The zero-order valence-electron chi connectivity index (χ0n) is 10.3. The Kier molecular flexibility index (Phi) is 4.84. The van der Waals surface area contributed by atoms with Crippen molar-refractivity contribution in [2.45, 2.75) is 13.0 Å². The minimum Gasteiger partial charge on any atom is -0.356 e. The van der Waals surface area contributed by atoms with E-state index in [4.69, 9.17) is 4.52 Å². The van der Waals surface area contributed by atoms with E-state index in [1.165, 1.54) is 12.1 Å². The van der Waals surface area contributed by atoms with Crippen LogP contribution < -0.4 is 5.32 Å². The van der Waals surface area contributed by atoms with Crippen molar-refractivity contribution in [1.29, 1.82) is 0 Å². The monoisotopic (exact) mass is 344 g/mol. The predicted molar refractivity (Wildman–Crippen MR) is 72.1 cm³/mol. The number of aromatic nitrogens is 1. The summed E-state index contributed by atoms with van der Waals surface area (Å²) in [5.74, 6) is -1.32. The largest absolute Gasteiger partial charge is 0.356 e. The zero-order chi connectivity index (χ0) is 14.5. The molecule has 1 amide bonds. The quantitative estimate of drug-likeness (QED) is 0.848. The maximum Gasteiger partial charge on any atom is 0.221 e. The van der Waals surface area contributed by atoms with E-state index < -0.39 is 11.6 Å². The Morgan fingerprint density at radius 2 is 2.15 bits per heavy atom. The van der Waals surface area contributed by atoms with Crippen molar-refractivity contribution >= 4 is 21.8 Å². The van der Waals surface area contributed by atoms with Gasteiger partial charge in [-0.2, -0.15) is 0 Å². The Labute approximate surface area is 122 Å². The summed E-state index contributed by atoms with van der Waals surface area (Å²) >= 11 is 3.16. The fourth-order valence-corrected chi connectivity index (χ4v) is 1.93. The van der Waals surface area contributed by atoms with Crippen LogP contribution in [0.4, 0.5) is 8.78 Å². The van der Waals surface area contributed by atoms with Gasteiger partial charge in [0.05, 0.1) is 12.1 Å². The van der Waals surface area contributed by atoms with Crippen LogP contribution in [0.25, 0.3) is 11.3 Å². The molecule has 0 unspecified atom stereocenters. The minimum absolute atomic E-state index is 0.122. The summed E-state index contributed by atoms with van der Waals surface area (Å²) in [5.41, 5.74) is 0.587. The highest BCUT2D eigenvalue weighted by Gasteiger charge is 2.12. The molecule has 2 rings (SSSR count). The zero-order valence-corrected chi connectivity index (χ0v) is 11.9. The molecule has 1 heterocycles. The van der Waals surface area contributed by atoms with Crippen LogP contribution in [0.15, 0.2) is 28.8 Å². The molecule has 0 aliphatic heterocycles. The fraction of sp³-hybridized carbons (Fsp3) is 0.231. The average molecular weight is 345 g/mol. The van der Waals surface area contributed by atoms with E-state index in [1.807, 2.05) is 0 Å². The molecule has 2 aromatic rings. The Morgan fingerprint density at radius 1 is 1.35 bits per heavy atom. The lowest BCUT2D eigenvalue weighted by Crippen LogP contribution is -2.22. The molecule has 0 radical (unpaired) electrons. The highest BCUT2D eigenvalue weighted by atomic mass is 79.9. The number of rotatable bonds is 5. The van der Waals surface area contributed by atoms with Crippen molar-refractivity contribution in [3.05, 3.63) is 41.6 Å². The molecule has 7 heteroatoms. The van der Waals surface area contributed by atoms with Gasteiger partial charge in [-0.05, 0) is 12.1 Å². The van der Waals surface area contributed by atoms with E-state index in [9.17, 15) is 13.6 Å². The van der Waals surface area contributed by atoms with E-state index >= 15 is 0 Å². The van der Waals surface area contributed by atoms with Crippen LogP contribution in [0, 0.1) is 11.6 Å². The highest BCUT2D eigenvalue weighted by Crippen LogP contribution is 2.24. The Hall–Kier alpha value is -1.76. The second-order valence-corrected chi connectivity index (χ2v) is 4.82. The molecule has 0 saturated heterocycles. The van der Waals surface area contributed by atoms with Crippen molar-refractivity contribution in [2.24, 2.45) is 0 Å². The maximum atomic E-state index is 13.6. The number of hydrogen-bond donors (Lipinski definition) is 1. The fourth-order valence-electron chi connectivity index (χ4n) is 1.57. The first-order valence-electron chi connectivity index (χ1n) is 5.84. The summed E-state index contributed by atoms with van der Waals surface area (Å²) in [5, 5.41) is 6.94. The number of nitrogens with zero attached hydrogens (tertiary/aromatic N) is 1. The first kappa shape index (κ1) is 14.6. The van der Waals surface area contributed by atoms with Gasteiger partial charge in [-0.3, -0.25) is 4.79 Å². The average Bonchev–Trinajstić information content (AvgIpc) is 2.85. The molecule has 1 aromatic carbocycles. The second kappa shape index (κ2) is 6.60. The lowest BCUT2D eigenvalue weighted by atomic mass is 10.1. The van der Waals surface area contributed by atoms with Gasteiger partial charge in [-0.1, -0.05) is 21.1 Å². The number of halogens is 3. The number of nitrogens with one attached hydrogen (secondary N) is 1. The first-order chi connectivity index (χ1) is 9.60. The van der Waals surface area contributed by atoms with Crippen LogP contribution in [0.5, 0.6) is 0 Å². The molecule has 0 aliphatic carbocycles. The molecule has 0 atom stereocenters. The standard InChI is InChI=1S/C13H11BrF2N2O2/c14-4-3-13(19)17-7-9-6-12(20-18-9)10-2-1-8(15)5-11(10)16/h1-2,5-6H,3-4,7H2,(H,17,19). The van der Waals surface area contributed by atoms with Gasteiger partial charge in [0.25, 0.3) is 0 Å². The van der Waals surface area contributed by atoms with Gasteiger partial charge >= 0.3 is 0 Å². The molecule has 0 aliphatic rings. The summed E-state index contributed by atoms with van der Waals surface area (Å²) in [6.07, 6.45) is 0.358. The lowest BCUT2D eigenvalue weighted by Gasteiger charge is -1.99. The summed E-state index contributed by atoms with van der Waals surface area (Å²) in [6.45, 7) is 0.193. The van der Waals surface area contributed by atoms with Crippen LogP contribution in [0.3, 0.4) is 0 Å². The molecule has 0 spiro atoms. The van der Waals surface area contributed by atoms with Crippen LogP contribution in [0.2, 0.25) is 0 Å².